The standard InChI is InChI=1S/C23H34O9.Ac/c1-10-12(25)8-22(29)18(32-11(2)24)21(6)20(5,13(26)7-14-23(21,30)9-31-14)17(28)16(27)15(10)19(22,3)4;/h12-14,16,18,25-27,29-30H,7-9H2,1-6H3;/t12-,13-,14+,16+,18-,20-,21-,22+,23-;/m0./s1. The van der Waals surface area contributed by atoms with Gasteiger partial charge in [0.15, 0.2) is 5.78 Å². The third-order valence-electron chi connectivity index (χ3n) is 9.58. The van der Waals surface area contributed by atoms with E-state index in [4.69, 9.17) is 9.47 Å². The molecule has 0 aromatic carbocycles. The molecule has 1 aliphatic heterocycles. The number of rotatable bonds is 1. The molecule has 33 heavy (non-hydrogen) atoms. The van der Waals surface area contributed by atoms with Gasteiger partial charge < -0.3 is 35.0 Å². The summed E-state index contributed by atoms with van der Waals surface area (Å²) in [6, 6.07) is 0. The van der Waals surface area contributed by atoms with Gasteiger partial charge in [-0.1, -0.05) is 20.8 Å². The number of fused-ring (bicyclic) bond motifs is 5. The van der Waals surface area contributed by atoms with Crippen molar-refractivity contribution in [3.8, 4) is 0 Å². The molecule has 4 rings (SSSR count). The zero-order chi connectivity index (χ0) is 24.2. The van der Waals surface area contributed by atoms with Gasteiger partial charge in [0.25, 0.3) is 0 Å². The average molecular weight is 682 g/mol. The Kier molecular flexibility index (Phi) is 6.74. The van der Waals surface area contributed by atoms with Crippen molar-refractivity contribution < 1.29 is 88.7 Å². The van der Waals surface area contributed by atoms with Crippen LogP contribution in [0, 0.1) is 60.3 Å². The van der Waals surface area contributed by atoms with E-state index in [0.29, 0.717) is 5.57 Å². The minimum Gasteiger partial charge on any atom is -0.459 e. The van der Waals surface area contributed by atoms with Gasteiger partial charge in [-0.25, -0.2) is 0 Å². The van der Waals surface area contributed by atoms with Crippen molar-refractivity contribution in [2.45, 2.75) is 96.1 Å². The fourth-order valence-corrected chi connectivity index (χ4v) is 7.13. The zero-order valence-corrected chi connectivity index (χ0v) is 24.7. The molecule has 3 fully saturated rings. The van der Waals surface area contributed by atoms with E-state index in [2.05, 4.69) is 0 Å². The van der Waals surface area contributed by atoms with Crippen LogP contribution in [0.2, 0.25) is 0 Å². The Morgan fingerprint density at radius 2 is 1.67 bits per heavy atom. The minimum absolute atomic E-state index is 0. The molecule has 2 bridgehead atoms. The summed E-state index contributed by atoms with van der Waals surface area (Å²) in [6.45, 7) is 8.73. The van der Waals surface area contributed by atoms with Gasteiger partial charge in [0.05, 0.1) is 35.7 Å². The van der Waals surface area contributed by atoms with Gasteiger partial charge in [-0.15, -0.1) is 0 Å². The van der Waals surface area contributed by atoms with E-state index in [1.54, 1.807) is 20.8 Å². The van der Waals surface area contributed by atoms with E-state index in [1.807, 2.05) is 0 Å². The minimum atomic E-state index is -1.99. The van der Waals surface area contributed by atoms with Crippen molar-refractivity contribution in [3.05, 3.63) is 11.1 Å². The van der Waals surface area contributed by atoms with E-state index < -0.39 is 69.7 Å². The summed E-state index contributed by atoms with van der Waals surface area (Å²) in [5.74, 6) is -1.51. The third kappa shape index (κ3) is 3.02. The Morgan fingerprint density at radius 3 is 2.15 bits per heavy atom. The number of hydrogen-bond acceptors (Lipinski definition) is 9. The second-order valence-electron chi connectivity index (χ2n) is 11.0. The first kappa shape index (κ1) is 27.7. The number of Topliss-reactive ketones (excluding diaryl/α,β-unsaturated/α-hetero) is 1. The summed E-state index contributed by atoms with van der Waals surface area (Å²) in [5.41, 5.74) is -8.13. The van der Waals surface area contributed by atoms with Crippen LogP contribution in [0.5, 0.6) is 0 Å². The fourth-order valence-electron chi connectivity index (χ4n) is 7.13. The molecule has 10 heteroatoms. The van der Waals surface area contributed by atoms with E-state index in [-0.39, 0.29) is 69.1 Å². The third-order valence-corrected chi connectivity index (χ3v) is 9.58. The number of hydrogen-bond donors (Lipinski definition) is 5. The summed E-state index contributed by atoms with van der Waals surface area (Å²) >= 11 is 0. The van der Waals surface area contributed by atoms with Crippen LogP contribution in [0.1, 0.15) is 54.4 Å². The van der Waals surface area contributed by atoms with Gasteiger partial charge in [0, 0.05) is 69.2 Å². The maximum Gasteiger partial charge on any atom is 0.303 e. The predicted octanol–water partition coefficient (Wildman–Crippen LogP) is -0.393. The molecule has 5 N–H and O–H groups in total. The Balaban J connectivity index is 0.00000306. The largest absolute Gasteiger partial charge is 0.459 e. The average Bonchev–Trinajstić information content (AvgIpc) is 2.69. The van der Waals surface area contributed by atoms with Crippen molar-refractivity contribution in [2.24, 2.45) is 16.2 Å². The van der Waals surface area contributed by atoms with Crippen LogP contribution in [0.4, 0.5) is 0 Å². The van der Waals surface area contributed by atoms with Gasteiger partial charge in [0.2, 0.25) is 0 Å². The normalized spacial score (nSPS) is 50.6. The molecular weight excluding hydrogens is 647 g/mol. The van der Waals surface area contributed by atoms with Crippen LogP contribution in [0.25, 0.3) is 0 Å². The van der Waals surface area contributed by atoms with Crippen LogP contribution in [-0.2, 0) is 19.1 Å². The second-order valence-corrected chi connectivity index (χ2v) is 11.0. The molecule has 183 valence electrons. The van der Waals surface area contributed by atoms with E-state index in [1.165, 1.54) is 13.8 Å². The number of carbonyl (C=O) groups is 2. The van der Waals surface area contributed by atoms with Gasteiger partial charge in [-0.05, 0) is 25.0 Å². The van der Waals surface area contributed by atoms with E-state index in [9.17, 15) is 35.1 Å². The molecule has 0 aromatic heterocycles. The number of esters is 1. The number of aliphatic hydroxyl groups excluding tert-OH is 3. The number of carbonyl (C=O) groups excluding carboxylic acids is 2. The molecule has 0 spiro atoms. The Labute approximate surface area is 229 Å². The van der Waals surface area contributed by atoms with Gasteiger partial charge in [0.1, 0.15) is 23.4 Å². The zero-order valence-electron chi connectivity index (χ0n) is 20.0. The van der Waals surface area contributed by atoms with E-state index in [0.717, 1.165) is 6.92 Å². The van der Waals surface area contributed by atoms with Crippen molar-refractivity contribution in [1.29, 1.82) is 0 Å². The SMILES string of the molecule is CC(=O)O[C@H]1[C@]2(C)[C@]3(O)CO[C@@H]3C[C@H](O)[C@@]2(C)C(=O)[C@H](O)C2=C(C)[C@@H](O)C[C@]1(O)C2(C)C.[Ac]. The molecule has 1 heterocycles. The van der Waals surface area contributed by atoms with Crippen LogP contribution >= 0.6 is 0 Å². The molecule has 3 aliphatic carbocycles. The summed E-state index contributed by atoms with van der Waals surface area (Å²) in [4.78, 5) is 26.3. The topological polar surface area (TPSA) is 154 Å². The van der Waals surface area contributed by atoms with Crippen molar-refractivity contribution in [3.63, 3.8) is 0 Å². The van der Waals surface area contributed by atoms with Crippen LogP contribution < -0.4 is 0 Å². The quantitative estimate of drug-likeness (QED) is 0.184. The second kappa shape index (κ2) is 8.04. The van der Waals surface area contributed by atoms with Crippen molar-refractivity contribution >= 4 is 11.8 Å². The Bertz CT molecular complexity index is 918. The molecule has 9 atom stereocenters. The molecule has 0 aromatic rings. The molecule has 9 nitrogen and oxygen atoms in total. The van der Waals surface area contributed by atoms with Gasteiger partial charge in [-0.3, -0.25) is 9.59 Å². The molecule has 1 radical (unpaired) electrons. The van der Waals surface area contributed by atoms with Crippen LogP contribution in [-0.4, -0.2) is 85.6 Å². The monoisotopic (exact) mass is 681 g/mol. The summed E-state index contributed by atoms with van der Waals surface area (Å²) in [5, 5.41) is 57.4. The van der Waals surface area contributed by atoms with Crippen molar-refractivity contribution in [2.75, 3.05) is 6.61 Å². The van der Waals surface area contributed by atoms with Gasteiger partial charge in [-0.2, -0.15) is 0 Å². The number of ketones is 1. The Hall–Kier alpha value is 0.0816. The number of ether oxygens (including phenoxy) is 2. The summed E-state index contributed by atoms with van der Waals surface area (Å²) in [6.07, 6.45) is -6.98. The van der Waals surface area contributed by atoms with Crippen molar-refractivity contribution in [1.82, 2.24) is 0 Å². The maximum absolute atomic E-state index is 14.0. The molecule has 1 saturated heterocycles. The molecule has 4 aliphatic rings. The summed E-state index contributed by atoms with van der Waals surface area (Å²) < 4.78 is 11.3. The molecule has 0 unspecified atom stereocenters. The maximum atomic E-state index is 14.0. The Morgan fingerprint density at radius 1 is 1.09 bits per heavy atom. The molecule has 0 amide bonds. The van der Waals surface area contributed by atoms with E-state index >= 15 is 0 Å². The molecular formula is C23H34AcO9. The van der Waals surface area contributed by atoms with Gasteiger partial charge >= 0.3 is 5.97 Å². The smallest absolute Gasteiger partial charge is 0.303 e. The fraction of sp³-hybridized carbons (Fsp3) is 0.826. The predicted molar refractivity (Wildman–Crippen MR) is 110 cm³/mol. The summed E-state index contributed by atoms with van der Waals surface area (Å²) in [7, 11) is 0. The first-order valence-electron chi connectivity index (χ1n) is 11.0. The molecule has 2 saturated carbocycles. The first-order chi connectivity index (χ1) is 14.5. The van der Waals surface area contributed by atoms with Crippen LogP contribution in [0.15, 0.2) is 11.1 Å². The first-order valence-corrected chi connectivity index (χ1v) is 11.0. The number of aliphatic hydroxyl groups is 5. The van der Waals surface area contributed by atoms with Crippen LogP contribution in [0.3, 0.4) is 0 Å².